The van der Waals surface area contributed by atoms with E-state index in [-0.39, 0.29) is 6.04 Å². The molecule has 0 spiro atoms. The SMILES string of the molecule is CC1CCCC(C(=O)N2CC3CCCC3C2)N1. The maximum Gasteiger partial charge on any atom is 0.239 e. The van der Waals surface area contributed by atoms with Crippen LogP contribution in [0.4, 0.5) is 0 Å². The molecule has 2 saturated heterocycles. The van der Waals surface area contributed by atoms with Crippen LogP contribution < -0.4 is 5.32 Å². The molecule has 1 aliphatic carbocycles. The Kier molecular flexibility index (Phi) is 3.12. The van der Waals surface area contributed by atoms with E-state index in [4.69, 9.17) is 0 Å². The third-order valence-corrected chi connectivity index (χ3v) is 4.95. The van der Waals surface area contributed by atoms with Crippen molar-refractivity contribution < 1.29 is 4.79 Å². The first-order valence-corrected chi connectivity index (χ1v) is 7.29. The third kappa shape index (κ3) is 2.22. The van der Waals surface area contributed by atoms with Gasteiger partial charge >= 0.3 is 0 Å². The minimum absolute atomic E-state index is 0.109. The second kappa shape index (κ2) is 4.60. The number of hydrogen-bond donors (Lipinski definition) is 1. The van der Waals surface area contributed by atoms with E-state index in [0.717, 1.165) is 31.3 Å². The highest BCUT2D eigenvalue weighted by Crippen LogP contribution is 2.38. The van der Waals surface area contributed by atoms with Crippen molar-refractivity contribution in [3.05, 3.63) is 0 Å². The van der Waals surface area contributed by atoms with Crippen LogP contribution in [0, 0.1) is 11.8 Å². The molecule has 2 aliphatic heterocycles. The van der Waals surface area contributed by atoms with Crippen molar-refractivity contribution in [2.24, 2.45) is 11.8 Å². The number of likely N-dealkylation sites (tertiary alicyclic amines) is 1. The minimum Gasteiger partial charge on any atom is -0.341 e. The van der Waals surface area contributed by atoms with Gasteiger partial charge in [-0.15, -0.1) is 0 Å². The van der Waals surface area contributed by atoms with E-state index >= 15 is 0 Å². The van der Waals surface area contributed by atoms with Crippen LogP contribution in [-0.4, -0.2) is 36.0 Å². The highest BCUT2D eigenvalue weighted by Gasteiger charge is 2.40. The average molecular weight is 236 g/mol. The Labute approximate surface area is 104 Å². The van der Waals surface area contributed by atoms with Crippen molar-refractivity contribution in [2.45, 2.75) is 57.5 Å². The van der Waals surface area contributed by atoms with Crippen LogP contribution in [0.25, 0.3) is 0 Å². The van der Waals surface area contributed by atoms with Gasteiger partial charge < -0.3 is 10.2 Å². The fourth-order valence-corrected chi connectivity index (χ4v) is 3.97. The van der Waals surface area contributed by atoms with Crippen LogP contribution in [-0.2, 0) is 4.79 Å². The summed E-state index contributed by atoms with van der Waals surface area (Å²) >= 11 is 0. The molecule has 1 N–H and O–H groups in total. The van der Waals surface area contributed by atoms with Gasteiger partial charge in [0, 0.05) is 19.1 Å². The summed E-state index contributed by atoms with van der Waals surface area (Å²) < 4.78 is 0. The van der Waals surface area contributed by atoms with Crippen LogP contribution in [0.3, 0.4) is 0 Å². The van der Waals surface area contributed by atoms with Gasteiger partial charge in [0.2, 0.25) is 5.91 Å². The fraction of sp³-hybridized carbons (Fsp3) is 0.929. The molecule has 0 aromatic rings. The van der Waals surface area contributed by atoms with Crippen molar-refractivity contribution in [1.82, 2.24) is 10.2 Å². The van der Waals surface area contributed by atoms with Crippen LogP contribution >= 0.6 is 0 Å². The Bertz CT molecular complexity index is 293. The number of carbonyl (C=O) groups excluding carboxylic acids is 1. The Morgan fingerprint density at radius 2 is 1.71 bits per heavy atom. The standard InChI is InChI=1S/C14H24N2O/c1-10-4-2-7-13(15-10)14(17)16-8-11-5-3-6-12(11)9-16/h10-13,15H,2-9H2,1H3. The maximum atomic E-state index is 12.4. The minimum atomic E-state index is 0.109. The van der Waals surface area contributed by atoms with Crippen molar-refractivity contribution in [1.29, 1.82) is 0 Å². The van der Waals surface area contributed by atoms with Gasteiger partial charge in [-0.05, 0) is 50.9 Å². The number of amides is 1. The molecule has 4 unspecified atom stereocenters. The van der Waals surface area contributed by atoms with Gasteiger partial charge in [-0.25, -0.2) is 0 Å². The zero-order valence-electron chi connectivity index (χ0n) is 10.8. The lowest BCUT2D eigenvalue weighted by Gasteiger charge is -2.31. The molecule has 1 saturated carbocycles. The zero-order valence-corrected chi connectivity index (χ0v) is 10.8. The quantitative estimate of drug-likeness (QED) is 0.752. The molecule has 0 bridgehead atoms. The molecule has 3 fully saturated rings. The molecule has 3 rings (SSSR count). The molecule has 3 nitrogen and oxygen atoms in total. The summed E-state index contributed by atoms with van der Waals surface area (Å²) in [5, 5.41) is 3.47. The summed E-state index contributed by atoms with van der Waals surface area (Å²) in [6, 6.07) is 0.623. The van der Waals surface area contributed by atoms with Crippen LogP contribution in [0.1, 0.15) is 45.4 Å². The summed E-state index contributed by atoms with van der Waals surface area (Å²) in [5.41, 5.74) is 0. The molecule has 3 heteroatoms. The van der Waals surface area contributed by atoms with Crippen LogP contribution in [0.15, 0.2) is 0 Å². The van der Waals surface area contributed by atoms with E-state index in [1.807, 2.05) is 0 Å². The summed E-state index contributed by atoms with van der Waals surface area (Å²) in [5.74, 6) is 2.02. The summed E-state index contributed by atoms with van der Waals surface area (Å²) in [6.45, 7) is 4.27. The molecular formula is C14H24N2O. The van der Waals surface area contributed by atoms with E-state index in [9.17, 15) is 4.79 Å². The predicted octanol–water partition coefficient (Wildman–Crippen LogP) is 1.78. The first-order chi connectivity index (χ1) is 8.24. The van der Waals surface area contributed by atoms with Gasteiger partial charge in [-0.2, -0.15) is 0 Å². The molecule has 0 aromatic carbocycles. The summed E-state index contributed by atoms with van der Waals surface area (Å²) in [7, 11) is 0. The van der Waals surface area contributed by atoms with Crippen molar-refractivity contribution >= 4 is 5.91 Å². The van der Waals surface area contributed by atoms with E-state index in [2.05, 4.69) is 17.1 Å². The van der Waals surface area contributed by atoms with Gasteiger partial charge in [-0.1, -0.05) is 6.42 Å². The van der Waals surface area contributed by atoms with Gasteiger partial charge in [0.15, 0.2) is 0 Å². The summed E-state index contributed by atoms with van der Waals surface area (Å²) in [4.78, 5) is 14.6. The normalized spacial score (nSPS) is 41.6. The molecule has 3 aliphatic rings. The Morgan fingerprint density at radius 3 is 2.35 bits per heavy atom. The maximum absolute atomic E-state index is 12.4. The lowest BCUT2D eigenvalue weighted by Crippen LogP contribution is -2.51. The average Bonchev–Trinajstić information content (AvgIpc) is 2.88. The second-order valence-corrected chi connectivity index (χ2v) is 6.25. The Hall–Kier alpha value is -0.570. The lowest BCUT2D eigenvalue weighted by atomic mass is 9.99. The highest BCUT2D eigenvalue weighted by molar-refractivity contribution is 5.82. The smallest absolute Gasteiger partial charge is 0.239 e. The Balaban J connectivity index is 1.59. The number of piperidine rings is 1. The first-order valence-electron chi connectivity index (χ1n) is 7.29. The largest absolute Gasteiger partial charge is 0.341 e. The van der Waals surface area contributed by atoms with Crippen molar-refractivity contribution in [2.75, 3.05) is 13.1 Å². The van der Waals surface area contributed by atoms with Crippen molar-refractivity contribution in [3.63, 3.8) is 0 Å². The molecule has 96 valence electrons. The van der Waals surface area contributed by atoms with E-state index in [1.165, 1.54) is 32.1 Å². The predicted molar refractivity (Wildman–Crippen MR) is 67.6 cm³/mol. The van der Waals surface area contributed by atoms with Crippen molar-refractivity contribution in [3.8, 4) is 0 Å². The molecule has 17 heavy (non-hydrogen) atoms. The van der Waals surface area contributed by atoms with Gasteiger partial charge in [0.1, 0.15) is 0 Å². The molecule has 0 aromatic heterocycles. The fourth-order valence-electron chi connectivity index (χ4n) is 3.97. The lowest BCUT2D eigenvalue weighted by molar-refractivity contribution is -0.133. The monoisotopic (exact) mass is 236 g/mol. The molecular weight excluding hydrogens is 212 g/mol. The first kappa shape index (κ1) is 11.5. The Morgan fingerprint density at radius 1 is 1.06 bits per heavy atom. The number of carbonyl (C=O) groups is 1. The molecule has 0 radical (unpaired) electrons. The van der Waals surface area contributed by atoms with Gasteiger partial charge in [0.05, 0.1) is 6.04 Å². The summed E-state index contributed by atoms with van der Waals surface area (Å²) in [6.07, 6.45) is 7.54. The number of nitrogens with zero attached hydrogens (tertiary/aromatic N) is 1. The number of nitrogens with one attached hydrogen (secondary N) is 1. The van der Waals surface area contributed by atoms with Crippen LogP contribution in [0.5, 0.6) is 0 Å². The van der Waals surface area contributed by atoms with Crippen LogP contribution in [0.2, 0.25) is 0 Å². The number of fused-ring (bicyclic) bond motifs is 1. The molecule has 4 atom stereocenters. The molecule has 1 amide bonds. The third-order valence-electron chi connectivity index (χ3n) is 4.95. The number of hydrogen-bond acceptors (Lipinski definition) is 2. The van der Waals surface area contributed by atoms with E-state index in [0.29, 0.717) is 11.9 Å². The van der Waals surface area contributed by atoms with E-state index in [1.54, 1.807) is 0 Å². The molecule has 2 heterocycles. The van der Waals surface area contributed by atoms with Gasteiger partial charge in [-0.3, -0.25) is 4.79 Å². The number of rotatable bonds is 1. The zero-order chi connectivity index (χ0) is 11.8. The topological polar surface area (TPSA) is 32.3 Å². The highest BCUT2D eigenvalue weighted by atomic mass is 16.2. The van der Waals surface area contributed by atoms with Gasteiger partial charge in [0.25, 0.3) is 0 Å². The van der Waals surface area contributed by atoms with E-state index < -0.39 is 0 Å². The second-order valence-electron chi connectivity index (χ2n) is 6.25.